The Morgan fingerprint density at radius 1 is 1.26 bits per heavy atom. The number of alkyl halides is 3. The fraction of sp³-hybridized carbons (Fsp3) is 0.538. The number of aliphatic hydroxyl groups is 1. The lowest BCUT2D eigenvalue weighted by molar-refractivity contribution is -0.153. The minimum Gasteiger partial charge on any atom is -0.482 e. The van der Waals surface area contributed by atoms with Gasteiger partial charge in [-0.05, 0) is 32.9 Å². The van der Waals surface area contributed by atoms with Crippen LogP contribution in [0.2, 0.25) is 0 Å². The number of nitrogens with one attached hydrogen (secondary N) is 1. The summed E-state index contributed by atoms with van der Waals surface area (Å²) in [7, 11) is 0. The molecule has 0 radical (unpaired) electrons. The lowest BCUT2D eigenvalue weighted by Crippen LogP contribution is -2.39. The molecule has 0 fully saturated rings. The molecule has 0 aliphatic rings. The van der Waals surface area contributed by atoms with Crippen molar-refractivity contribution in [2.75, 3.05) is 11.9 Å². The van der Waals surface area contributed by atoms with Gasteiger partial charge in [0, 0.05) is 0 Å². The Morgan fingerprint density at radius 3 is 2.37 bits per heavy atom. The van der Waals surface area contributed by atoms with Crippen LogP contribution in [0.15, 0.2) is 24.3 Å². The summed E-state index contributed by atoms with van der Waals surface area (Å²) >= 11 is 0. The Morgan fingerprint density at radius 2 is 1.84 bits per heavy atom. The molecule has 19 heavy (non-hydrogen) atoms. The van der Waals surface area contributed by atoms with E-state index in [4.69, 9.17) is 4.74 Å². The second-order valence-corrected chi connectivity index (χ2v) is 4.92. The number of benzene rings is 1. The van der Waals surface area contributed by atoms with Crippen molar-refractivity contribution in [1.29, 1.82) is 0 Å². The molecule has 0 bridgehead atoms. The van der Waals surface area contributed by atoms with Gasteiger partial charge in [0.1, 0.15) is 5.75 Å². The van der Waals surface area contributed by atoms with Crippen LogP contribution in [0, 0.1) is 0 Å². The number of halogens is 3. The third-order valence-electron chi connectivity index (χ3n) is 2.71. The minimum absolute atomic E-state index is 0.107. The predicted octanol–water partition coefficient (Wildman–Crippen LogP) is 3.20. The molecule has 2 N–H and O–H groups in total. The van der Waals surface area contributed by atoms with E-state index in [0.29, 0.717) is 5.69 Å². The molecule has 0 spiro atoms. The molecule has 108 valence electrons. The van der Waals surface area contributed by atoms with E-state index in [1.807, 2.05) is 0 Å². The number of anilines is 1. The molecule has 0 aliphatic carbocycles. The van der Waals surface area contributed by atoms with E-state index in [0.717, 1.165) is 0 Å². The average molecular weight is 277 g/mol. The van der Waals surface area contributed by atoms with Crippen LogP contribution >= 0.6 is 0 Å². The highest BCUT2D eigenvalue weighted by atomic mass is 19.4. The van der Waals surface area contributed by atoms with Crippen LogP contribution in [0.25, 0.3) is 0 Å². The molecule has 0 amide bonds. The van der Waals surface area contributed by atoms with Crippen molar-refractivity contribution in [1.82, 2.24) is 0 Å². The van der Waals surface area contributed by atoms with E-state index in [9.17, 15) is 18.3 Å². The molecule has 0 aliphatic heterocycles. The fourth-order valence-corrected chi connectivity index (χ4v) is 1.28. The smallest absolute Gasteiger partial charge is 0.422 e. The van der Waals surface area contributed by atoms with Gasteiger partial charge in [-0.2, -0.15) is 13.2 Å². The van der Waals surface area contributed by atoms with Crippen LogP contribution in [0.4, 0.5) is 18.9 Å². The molecule has 1 aromatic rings. The summed E-state index contributed by atoms with van der Waals surface area (Å²) in [6.07, 6.45) is -4.38. The monoisotopic (exact) mass is 277 g/mol. The van der Waals surface area contributed by atoms with E-state index < -0.39 is 18.4 Å². The van der Waals surface area contributed by atoms with Crippen LogP contribution in [0.3, 0.4) is 0 Å². The Balaban J connectivity index is 2.79. The molecular weight excluding hydrogens is 259 g/mol. The van der Waals surface area contributed by atoms with Crippen molar-refractivity contribution >= 4 is 5.69 Å². The van der Waals surface area contributed by atoms with Crippen molar-refractivity contribution < 1.29 is 23.0 Å². The summed E-state index contributed by atoms with van der Waals surface area (Å²) in [5.74, 6) is 0.107. The maximum atomic E-state index is 12.1. The van der Waals surface area contributed by atoms with Gasteiger partial charge in [-0.1, -0.05) is 12.1 Å². The van der Waals surface area contributed by atoms with Gasteiger partial charge in [0.15, 0.2) is 6.61 Å². The maximum Gasteiger partial charge on any atom is 0.422 e. The third kappa shape index (κ3) is 5.38. The molecule has 1 rings (SSSR count). The maximum absolute atomic E-state index is 12.1. The normalized spacial score (nSPS) is 14.1. The fourth-order valence-electron chi connectivity index (χ4n) is 1.28. The van der Waals surface area contributed by atoms with Crippen molar-refractivity contribution in [3.8, 4) is 5.75 Å². The second-order valence-electron chi connectivity index (χ2n) is 4.92. The minimum atomic E-state index is -4.38. The van der Waals surface area contributed by atoms with Gasteiger partial charge in [-0.3, -0.25) is 0 Å². The Bertz CT molecular complexity index is 413. The van der Waals surface area contributed by atoms with Crippen molar-refractivity contribution in [3.05, 3.63) is 24.3 Å². The number of ether oxygens (including phenoxy) is 1. The van der Waals surface area contributed by atoms with E-state index in [1.54, 1.807) is 39.0 Å². The molecule has 0 saturated carbocycles. The summed E-state index contributed by atoms with van der Waals surface area (Å²) in [5.41, 5.74) is -0.585. The Hall–Kier alpha value is -1.43. The first-order chi connectivity index (χ1) is 8.59. The zero-order chi connectivity index (χ0) is 14.7. The first-order valence-electron chi connectivity index (χ1n) is 5.87. The quantitative estimate of drug-likeness (QED) is 0.868. The van der Waals surface area contributed by atoms with Gasteiger partial charge < -0.3 is 15.2 Å². The number of hydrogen-bond acceptors (Lipinski definition) is 3. The van der Waals surface area contributed by atoms with Crippen molar-refractivity contribution in [2.24, 2.45) is 0 Å². The molecule has 1 unspecified atom stereocenters. The second kappa shape index (κ2) is 5.69. The summed E-state index contributed by atoms with van der Waals surface area (Å²) < 4.78 is 41.2. The standard InChI is InChI=1S/C13H18F3NO2/c1-9(12(2,3)18)17-10-6-4-5-7-11(10)19-8-13(14,15)16/h4-7,9,17-18H,8H2,1-3H3. The zero-order valence-corrected chi connectivity index (χ0v) is 11.1. The molecule has 6 heteroatoms. The summed E-state index contributed by atoms with van der Waals surface area (Å²) in [6.45, 7) is 3.62. The van der Waals surface area contributed by atoms with Gasteiger partial charge in [0.05, 0.1) is 17.3 Å². The first kappa shape index (κ1) is 15.6. The lowest BCUT2D eigenvalue weighted by atomic mass is 10.0. The largest absolute Gasteiger partial charge is 0.482 e. The van der Waals surface area contributed by atoms with E-state index in [-0.39, 0.29) is 11.8 Å². The highest BCUT2D eigenvalue weighted by Crippen LogP contribution is 2.28. The van der Waals surface area contributed by atoms with Crippen LogP contribution < -0.4 is 10.1 Å². The summed E-state index contributed by atoms with van der Waals surface area (Å²) in [6, 6.07) is 5.98. The third-order valence-corrected chi connectivity index (χ3v) is 2.71. The van der Waals surface area contributed by atoms with Crippen molar-refractivity contribution in [3.63, 3.8) is 0 Å². The van der Waals surface area contributed by atoms with E-state index in [2.05, 4.69) is 5.32 Å². The van der Waals surface area contributed by atoms with Gasteiger partial charge in [-0.25, -0.2) is 0 Å². The molecule has 0 saturated heterocycles. The Kier molecular flexibility index (Phi) is 4.68. The summed E-state index contributed by atoms with van der Waals surface area (Å²) in [4.78, 5) is 0. The molecular formula is C13H18F3NO2. The van der Waals surface area contributed by atoms with Crippen LogP contribution in [-0.2, 0) is 0 Å². The molecule has 0 heterocycles. The van der Waals surface area contributed by atoms with Crippen molar-refractivity contribution in [2.45, 2.75) is 38.6 Å². The van der Waals surface area contributed by atoms with Gasteiger partial charge in [0.25, 0.3) is 0 Å². The highest BCUT2D eigenvalue weighted by Gasteiger charge is 2.29. The zero-order valence-electron chi connectivity index (χ0n) is 11.1. The summed E-state index contributed by atoms with van der Waals surface area (Å²) in [5, 5.41) is 12.8. The Labute approximate surface area is 110 Å². The van der Waals surface area contributed by atoms with Gasteiger partial charge >= 0.3 is 6.18 Å². The molecule has 3 nitrogen and oxygen atoms in total. The lowest BCUT2D eigenvalue weighted by Gasteiger charge is -2.28. The molecule has 0 aromatic heterocycles. The predicted molar refractivity (Wildman–Crippen MR) is 67.4 cm³/mol. The van der Waals surface area contributed by atoms with E-state index in [1.165, 1.54) is 6.07 Å². The highest BCUT2D eigenvalue weighted by molar-refractivity contribution is 5.57. The molecule has 1 atom stereocenters. The number of para-hydroxylation sites is 2. The first-order valence-corrected chi connectivity index (χ1v) is 5.87. The van der Waals surface area contributed by atoms with Crippen LogP contribution in [0.5, 0.6) is 5.75 Å². The number of rotatable bonds is 5. The van der Waals surface area contributed by atoms with Crippen LogP contribution in [-0.4, -0.2) is 29.5 Å². The van der Waals surface area contributed by atoms with Crippen LogP contribution in [0.1, 0.15) is 20.8 Å². The SMILES string of the molecule is CC(Nc1ccccc1OCC(F)(F)F)C(C)(C)O. The van der Waals surface area contributed by atoms with Gasteiger partial charge in [-0.15, -0.1) is 0 Å². The average Bonchev–Trinajstić information content (AvgIpc) is 2.25. The number of hydrogen-bond donors (Lipinski definition) is 2. The van der Waals surface area contributed by atoms with E-state index >= 15 is 0 Å². The van der Waals surface area contributed by atoms with Gasteiger partial charge in [0.2, 0.25) is 0 Å². The molecule has 1 aromatic carbocycles. The topological polar surface area (TPSA) is 41.5 Å².